The Kier molecular flexibility index (Phi) is 4.90. The van der Waals surface area contributed by atoms with E-state index < -0.39 is 22.0 Å². The number of carboxylic acids is 1. The maximum Gasteiger partial charge on any atom is 0.322 e. The molecule has 0 aliphatic carbocycles. The van der Waals surface area contributed by atoms with Crippen molar-refractivity contribution >= 4 is 16.0 Å². The Hall–Kier alpha value is -1.60. The van der Waals surface area contributed by atoms with Gasteiger partial charge in [-0.2, -0.15) is 4.72 Å². The molecule has 1 unspecified atom stereocenters. The highest BCUT2D eigenvalue weighted by Gasteiger charge is 2.28. The lowest BCUT2D eigenvalue weighted by molar-refractivity contribution is -0.140. The van der Waals surface area contributed by atoms with Gasteiger partial charge in [0.15, 0.2) is 0 Å². The average Bonchev–Trinajstić information content (AvgIpc) is 2.35. The number of hydrogen-bond donors (Lipinski definition) is 2. The van der Waals surface area contributed by atoms with Crippen LogP contribution in [0.15, 0.2) is 29.2 Å². The maximum absolute atomic E-state index is 12.1. The first-order valence-electron chi connectivity index (χ1n) is 5.67. The predicted octanol–water partition coefficient (Wildman–Crippen LogP) is 1.08. The Bertz CT molecular complexity index is 553. The lowest BCUT2D eigenvalue weighted by Gasteiger charge is -2.18. The lowest BCUT2D eigenvalue weighted by Crippen LogP contribution is -2.44. The largest absolute Gasteiger partial charge is 0.497 e. The Morgan fingerprint density at radius 3 is 2.47 bits per heavy atom. The molecule has 7 heteroatoms. The topological polar surface area (TPSA) is 92.7 Å². The molecular weight excluding hydrogens is 270 g/mol. The highest BCUT2D eigenvalue weighted by molar-refractivity contribution is 7.89. The van der Waals surface area contributed by atoms with Crippen LogP contribution in [0.4, 0.5) is 0 Å². The molecule has 1 aromatic rings. The normalized spacial score (nSPS) is 13.3. The van der Waals surface area contributed by atoms with Gasteiger partial charge in [0.2, 0.25) is 10.0 Å². The maximum atomic E-state index is 12.1. The molecule has 106 valence electrons. The number of benzene rings is 1. The summed E-state index contributed by atoms with van der Waals surface area (Å²) in [6.07, 6.45) is 0. The van der Waals surface area contributed by atoms with Gasteiger partial charge in [-0.25, -0.2) is 8.42 Å². The van der Waals surface area contributed by atoms with E-state index in [2.05, 4.69) is 4.72 Å². The Morgan fingerprint density at radius 2 is 2.00 bits per heavy atom. The fourth-order valence-electron chi connectivity index (χ4n) is 1.48. The second-order valence-electron chi connectivity index (χ2n) is 4.36. The van der Waals surface area contributed by atoms with E-state index in [4.69, 9.17) is 9.84 Å². The van der Waals surface area contributed by atoms with Crippen LogP contribution in [0.2, 0.25) is 0 Å². The van der Waals surface area contributed by atoms with Crippen molar-refractivity contribution in [1.29, 1.82) is 0 Å². The van der Waals surface area contributed by atoms with Crippen molar-refractivity contribution < 1.29 is 23.1 Å². The van der Waals surface area contributed by atoms with Crippen molar-refractivity contribution in [3.8, 4) is 5.75 Å². The van der Waals surface area contributed by atoms with Gasteiger partial charge in [0.1, 0.15) is 11.8 Å². The Balaban J connectivity index is 3.06. The van der Waals surface area contributed by atoms with Crippen LogP contribution in [0, 0.1) is 5.92 Å². The van der Waals surface area contributed by atoms with Crippen molar-refractivity contribution in [2.24, 2.45) is 5.92 Å². The number of ether oxygens (including phenoxy) is 1. The molecule has 1 atom stereocenters. The van der Waals surface area contributed by atoms with Crippen LogP contribution in [0.25, 0.3) is 0 Å². The first-order chi connectivity index (χ1) is 8.77. The van der Waals surface area contributed by atoms with Crippen LogP contribution >= 0.6 is 0 Å². The minimum absolute atomic E-state index is 0.0289. The lowest BCUT2D eigenvalue weighted by atomic mass is 10.1. The van der Waals surface area contributed by atoms with Crippen molar-refractivity contribution in [2.45, 2.75) is 24.8 Å². The molecule has 1 rings (SSSR count). The summed E-state index contributed by atoms with van der Waals surface area (Å²) in [5.74, 6) is -1.18. The predicted molar refractivity (Wildman–Crippen MR) is 69.6 cm³/mol. The number of aliphatic carboxylic acids is 1. The third-order valence-electron chi connectivity index (χ3n) is 2.57. The summed E-state index contributed by atoms with van der Waals surface area (Å²) < 4.78 is 31.3. The standard InChI is InChI=1S/C12H17NO5S/c1-8(2)11(12(14)15)13-19(16,17)10-6-4-5-9(7-10)18-3/h4-8,11,13H,1-3H3,(H,14,15). The third kappa shape index (κ3) is 3.93. The number of rotatable bonds is 6. The number of sulfonamides is 1. The van der Waals surface area contributed by atoms with Crippen LogP contribution in [0.1, 0.15) is 13.8 Å². The van der Waals surface area contributed by atoms with Gasteiger partial charge in [0.25, 0.3) is 0 Å². The van der Waals surface area contributed by atoms with Gasteiger partial charge >= 0.3 is 5.97 Å². The van der Waals surface area contributed by atoms with Gasteiger partial charge in [-0.3, -0.25) is 4.79 Å². The van der Waals surface area contributed by atoms with E-state index in [0.29, 0.717) is 5.75 Å². The molecule has 0 bridgehead atoms. The average molecular weight is 287 g/mol. The van der Waals surface area contributed by atoms with Gasteiger partial charge in [-0.15, -0.1) is 0 Å². The molecule has 6 nitrogen and oxygen atoms in total. The molecule has 0 heterocycles. The number of carboxylic acid groups (broad SMARTS) is 1. The quantitative estimate of drug-likeness (QED) is 0.816. The fourth-order valence-corrected chi connectivity index (χ4v) is 2.85. The van der Waals surface area contributed by atoms with Crippen molar-refractivity contribution in [3.63, 3.8) is 0 Å². The van der Waals surface area contributed by atoms with E-state index >= 15 is 0 Å². The van der Waals surface area contributed by atoms with Crippen molar-refractivity contribution in [2.75, 3.05) is 7.11 Å². The number of nitrogens with one attached hydrogen (secondary N) is 1. The van der Waals surface area contributed by atoms with E-state index in [1.807, 2.05) is 0 Å². The zero-order chi connectivity index (χ0) is 14.6. The van der Waals surface area contributed by atoms with E-state index in [1.54, 1.807) is 19.9 Å². The van der Waals surface area contributed by atoms with E-state index in [-0.39, 0.29) is 10.8 Å². The van der Waals surface area contributed by atoms with E-state index in [1.165, 1.54) is 25.3 Å². The van der Waals surface area contributed by atoms with E-state index in [9.17, 15) is 13.2 Å². The number of methoxy groups -OCH3 is 1. The molecule has 0 amide bonds. The highest BCUT2D eigenvalue weighted by atomic mass is 32.2. The molecule has 0 fully saturated rings. The zero-order valence-corrected chi connectivity index (χ0v) is 11.8. The number of carbonyl (C=O) groups is 1. The molecule has 0 spiro atoms. The molecule has 1 aromatic carbocycles. The van der Waals surface area contributed by atoms with Crippen LogP contribution < -0.4 is 9.46 Å². The molecule has 0 aliphatic heterocycles. The summed E-state index contributed by atoms with van der Waals surface area (Å²) in [6.45, 7) is 3.26. The summed E-state index contributed by atoms with van der Waals surface area (Å²) in [5.41, 5.74) is 0. The molecule has 19 heavy (non-hydrogen) atoms. The Morgan fingerprint density at radius 1 is 1.37 bits per heavy atom. The molecule has 0 aliphatic rings. The number of hydrogen-bond acceptors (Lipinski definition) is 4. The van der Waals surface area contributed by atoms with Gasteiger partial charge in [0.05, 0.1) is 12.0 Å². The van der Waals surface area contributed by atoms with Crippen molar-refractivity contribution in [3.05, 3.63) is 24.3 Å². The second-order valence-corrected chi connectivity index (χ2v) is 6.07. The Labute approximate surface area is 112 Å². The van der Waals surface area contributed by atoms with Gasteiger partial charge < -0.3 is 9.84 Å². The first kappa shape index (κ1) is 15.5. The molecule has 0 aromatic heterocycles. The first-order valence-corrected chi connectivity index (χ1v) is 7.15. The van der Waals surface area contributed by atoms with Crippen LogP contribution in [-0.2, 0) is 14.8 Å². The van der Waals surface area contributed by atoms with E-state index in [0.717, 1.165) is 0 Å². The second kappa shape index (κ2) is 6.03. The fraction of sp³-hybridized carbons (Fsp3) is 0.417. The van der Waals surface area contributed by atoms with Crippen LogP contribution in [0.5, 0.6) is 5.75 Å². The van der Waals surface area contributed by atoms with Gasteiger partial charge in [-0.1, -0.05) is 19.9 Å². The van der Waals surface area contributed by atoms with Crippen LogP contribution in [-0.4, -0.2) is 32.6 Å². The minimum Gasteiger partial charge on any atom is -0.497 e. The summed E-state index contributed by atoms with van der Waals surface area (Å²) in [6, 6.07) is 4.68. The van der Waals surface area contributed by atoms with Gasteiger partial charge in [-0.05, 0) is 18.1 Å². The van der Waals surface area contributed by atoms with Gasteiger partial charge in [0, 0.05) is 6.07 Å². The summed E-state index contributed by atoms with van der Waals surface area (Å²) in [4.78, 5) is 11.0. The molecular formula is C12H17NO5S. The monoisotopic (exact) mass is 287 g/mol. The summed E-state index contributed by atoms with van der Waals surface area (Å²) in [5, 5.41) is 9.00. The summed E-state index contributed by atoms with van der Waals surface area (Å²) in [7, 11) is -2.47. The molecule has 0 saturated carbocycles. The summed E-state index contributed by atoms with van der Waals surface area (Å²) >= 11 is 0. The highest BCUT2D eigenvalue weighted by Crippen LogP contribution is 2.18. The minimum atomic E-state index is -3.89. The zero-order valence-electron chi connectivity index (χ0n) is 11.0. The molecule has 0 saturated heterocycles. The van der Waals surface area contributed by atoms with Crippen LogP contribution in [0.3, 0.4) is 0 Å². The SMILES string of the molecule is COc1cccc(S(=O)(=O)NC(C(=O)O)C(C)C)c1. The molecule has 0 radical (unpaired) electrons. The third-order valence-corrected chi connectivity index (χ3v) is 4.01. The van der Waals surface area contributed by atoms with Crippen molar-refractivity contribution in [1.82, 2.24) is 4.72 Å². The molecule has 2 N–H and O–H groups in total. The smallest absolute Gasteiger partial charge is 0.322 e.